The molecule has 4 aromatic carbocycles. The fourth-order valence-electron chi connectivity index (χ4n) is 3.13. The van der Waals surface area contributed by atoms with Crippen LogP contribution in [0.4, 0.5) is 0 Å². The van der Waals surface area contributed by atoms with E-state index in [1.165, 1.54) is 43.4 Å². The monoisotopic (exact) mass is 256 g/mol. The summed E-state index contributed by atoms with van der Waals surface area (Å²) in [5, 5.41) is 8.02. The van der Waals surface area contributed by atoms with Gasteiger partial charge in [-0.3, -0.25) is 0 Å². The van der Waals surface area contributed by atoms with E-state index in [-0.39, 0.29) is 0 Å². The van der Waals surface area contributed by atoms with Gasteiger partial charge >= 0.3 is 0 Å². The van der Waals surface area contributed by atoms with Gasteiger partial charge in [-0.05, 0) is 46.2 Å². The van der Waals surface area contributed by atoms with Crippen molar-refractivity contribution in [3.05, 3.63) is 71.8 Å². The fraction of sp³-hybridized carbons (Fsp3) is 0.100. The Kier molecular flexibility index (Phi) is 2.34. The van der Waals surface area contributed by atoms with E-state index in [1.807, 2.05) is 0 Å². The minimum absolute atomic E-state index is 1.31. The second kappa shape index (κ2) is 4.08. The molecule has 0 fully saturated rings. The van der Waals surface area contributed by atoms with E-state index in [0.29, 0.717) is 0 Å². The van der Waals surface area contributed by atoms with Crippen LogP contribution < -0.4 is 0 Å². The Morgan fingerprint density at radius 1 is 0.450 bits per heavy atom. The third-order valence-electron chi connectivity index (χ3n) is 4.14. The average Bonchev–Trinajstić information content (AvgIpc) is 2.45. The molecule has 0 aliphatic carbocycles. The maximum atomic E-state index is 2.26. The molecule has 0 atom stereocenters. The molecule has 0 heterocycles. The van der Waals surface area contributed by atoms with E-state index < -0.39 is 0 Å². The molecule has 0 aromatic heterocycles. The number of aryl methyl sites for hydroxylation is 2. The molecule has 4 aromatic rings. The van der Waals surface area contributed by atoms with E-state index >= 15 is 0 Å². The van der Waals surface area contributed by atoms with E-state index in [0.717, 1.165) is 0 Å². The van der Waals surface area contributed by atoms with Crippen LogP contribution in [0.25, 0.3) is 32.3 Å². The van der Waals surface area contributed by atoms with Gasteiger partial charge in [-0.15, -0.1) is 0 Å². The van der Waals surface area contributed by atoms with Gasteiger partial charge in [0.25, 0.3) is 0 Å². The van der Waals surface area contributed by atoms with Gasteiger partial charge in [0.15, 0.2) is 0 Å². The summed E-state index contributed by atoms with van der Waals surface area (Å²) in [6.45, 7) is 4.29. The normalized spacial score (nSPS) is 11.5. The number of hydrogen-bond donors (Lipinski definition) is 0. The van der Waals surface area contributed by atoms with Crippen molar-refractivity contribution in [3.63, 3.8) is 0 Å². The van der Waals surface area contributed by atoms with Crippen molar-refractivity contribution in [1.82, 2.24) is 0 Å². The van der Waals surface area contributed by atoms with Crippen LogP contribution in [0.3, 0.4) is 0 Å². The summed E-state index contributed by atoms with van der Waals surface area (Å²) in [6, 6.07) is 22.4. The molecule has 0 unspecified atom stereocenters. The van der Waals surface area contributed by atoms with Crippen molar-refractivity contribution in [1.29, 1.82) is 0 Å². The summed E-state index contributed by atoms with van der Waals surface area (Å²) in [7, 11) is 0. The maximum Gasteiger partial charge on any atom is -0.00990 e. The van der Waals surface area contributed by atoms with Crippen LogP contribution in [-0.2, 0) is 0 Å². The van der Waals surface area contributed by atoms with Crippen LogP contribution in [0, 0.1) is 13.8 Å². The van der Waals surface area contributed by atoms with Gasteiger partial charge in [-0.2, -0.15) is 0 Å². The van der Waals surface area contributed by atoms with E-state index in [9.17, 15) is 0 Å². The van der Waals surface area contributed by atoms with Crippen molar-refractivity contribution >= 4 is 32.3 Å². The molecule has 0 saturated carbocycles. The standard InChI is InChI=1S/C20H16/c1-13-3-7-17-15(11-13)5-9-20-18-8-4-14(2)12-16(18)6-10-19(17)20/h3-12H,1-2H3. The quantitative estimate of drug-likeness (QED) is 0.351. The Bertz CT molecular complexity index is 881. The molecule has 0 spiro atoms. The molecule has 0 aliphatic heterocycles. The lowest BCUT2D eigenvalue weighted by molar-refractivity contribution is 1.51. The average molecular weight is 256 g/mol. The van der Waals surface area contributed by atoms with Crippen LogP contribution in [0.15, 0.2) is 60.7 Å². The highest BCUT2D eigenvalue weighted by molar-refractivity contribution is 6.17. The minimum Gasteiger partial charge on any atom is -0.0587 e. The van der Waals surface area contributed by atoms with Crippen molar-refractivity contribution in [3.8, 4) is 0 Å². The summed E-state index contributed by atoms with van der Waals surface area (Å²) >= 11 is 0. The van der Waals surface area contributed by atoms with Crippen LogP contribution in [0.2, 0.25) is 0 Å². The van der Waals surface area contributed by atoms with Gasteiger partial charge in [0.1, 0.15) is 0 Å². The summed E-state index contributed by atoms with van der Waals surface area (Å²) in [5.74, 6) is 0. The lowest BCUT2D eigenvalue weighted by atomic mass is 9.96. The predicted molar refractivity (Wildman–Crippen MR) is 88.4 cm³/mol. The minimum atomic E-state index is 1.31. The number of hydrogen-bond acceptors (Lipinski definition) is 0. The Balaban J connectivity index is 2.21. The van der Waals surface area contributed by atoms with Gasteiger partial charge in [-0.25, -0.2) is 0 Å². The summed E-state index contributed by atoms with van der Waals surface area (Å²) in [6.07, 6.45) is 0. The Morgan fingerprint density at radius 3 is 1.30 bits per heavy atom. The molecular formula is C20H16. The first-order chi connectivity index (χ1) is 9.72. The molecule has 0 N–H and O–H groups in total. The number of benzene rings is 4. The summed E-state index contributed by atoms with van der Waals surface area (Å²) < 4.78 is 0. The van der Waals surface area contributed by atoms with E-state index in [1.54, 1.807) is 0 Å². The first-order valence-corrected chi connectivity index (χ1v) is 7.05. The third-order valence-corrected chi connectivity index (χ3v) is 4.14. The van der Waals surface area contributed by atoms with Crippen molar-refractivity contribution in [2.45, 2.75) is 13.8 Å². The van der Waals surface area contributed by atoms with Gasteiger partial charge < -0.3 is 0 Å². The van der Waals surface area contributed by atoms with Crippen LogP contribution in [0.5, 0.6) is 0 Å². The SMILES string of the molecule is Cc1ccc2c(ccc3c4ccc(C)cc4ccc23)c1. The van der Waals surface area contributed by atoms with Gasteiger partial charge in [0.05, 0.1) is 0 Å². The zero-order valence-electron chi connectivity index (χ0n) is 11.8. The molecular weight excluding hydrogens is 240 g/mol. The van der Waals surface area contributed by atoms with Gasteiger partial charge in [-0.1, -0.05) is 71.8 Å². The van der Waals surface area contributed by atoms with Crippen molar-refractivity contribution in [2.75, 3.05) is 0 Å². The Hall–Kier alpha value is -2.34. The van der Waals surface area contributed by atoms with E-state index in [2.05, 4.69) is 74.5 Å². The van der Waals surface area contributed by atoms with Gasteiger partial charge in [0, 0.05) is 0 Å². The van der Waals surface area contributed by atoms with Gasteiger partial charge in [0.2, 0.25) is 0 Å². The molecule has 20 heavy (non-hydrogen) atoms. The molecule has 0 amide bonds. The maximum absolute atomic E-state index is 2.26. The van der Waals surface area contributed by atoms with E-state index in [4.69, 9.17) is 0 Å². The molecule has 0 nitrogen and oxygen atoms in total. The summed E-state index contributed by atoms with van der Waals surface area (Å²) in [5.41, 5.74) is 2.63. The first-order valence-electron chi connectivity index (χ1n) is 7.05. The highest BCUT2D eigenvalue weighted by Gasteiger charge is 2.04. The van der Waals surface area contributed by atoms with Crippen LogP contribution in [-0.4, -0.2) is 0 Å². The molecule has 0 saturated heterocycles. The zero-order chi connectivity index (χ0) is 13.7. The third kappa shape index (κ3) is 1.61. The Morgan fingerprint density at radius 2 is 0.850 bits per heavy atom. The Labute approximate surface area is 118 Å². The topological polar surface area (TPSA) is 0 Å². The second-order valence-corrected chi connectivity index (χ2v) is 5.68. The molecule has 0 aliphatic rings. The lowest BCUT2D eigenvalue weighted by Gasteiger charge is -2.08. The molecule has 0 heteroatoms. The molecule has 96 valence electrons. The second-order valence-electron chi connectivity index (χ2n) is 5.68. The van der Waals surface area contributed by atoms with Crippen LogP contribution in [0.1, 0.15) is 11.1 Å². The largest absolute Gasteiger partial charge is 0.0587 e. The van der Waals surface area contributed by atoms with Crippen LogP contribution >= 0.6 is 0 Å². The fourth-order valence-corrected chi connectivity index (χ4v) is 3.13. The predicted octanol–water partition coefficient (Wildman–Crippen LogP) is 5.76. The highest BCUT2D eigenvalue weighted by Crippen LogP contribution is 2.31. The molecule has 0 radical (unpaired) electrons. The lowest BCUT2D eigenvalue weighted by Crippen LogP contribution is -1.82. The molecule has 0 bridgehead atoms. The molecule has 4 rings (SSSR count). The first kappa shape index (κ1) is 11.5. The number of fused-ring (bicyclic) bond motifs is 5. The highest BCUT2D eigenvalue weighted by atomic mass is 14.1. The van der Waals surface area contributed by atoms with Crippen molar-refractivity contribution < 1.29 is 0 Å². The smallest absolute Gasteiger partial charge is 0.00990 e. The number of rotatable bonds is 0. The summed E-state index contributed by atoms with van der Waals surface area (Å²) in [4.78, 5) is 0. The zero-order valence-corrected chi connectivity index (χ0v) is 11.8. The van der Waals surface area contributed by atoms with Crippen molar-refractivity contribution in [2.24, 2.45) is 0 Å².